The van der Waals surface area contributed by atoms with Gasteiger partial charge in [0.25, 0.3) is 0 Å². The van der Waals surface area contributed by atoms with Crippen molar-refractivity contribution in [1.29, 1.82) is 0 Å². The highest BCUT2D eigenvalue weighted by Crippen LogP contribution is 2.25. The van der Waals surface area contributed by atoms with E-state index in [9.17, 15) is 4.79 Å². The average Bonchev–Trinajstić information content (AvgIpc) is 3.11. The number of rotatable bonds is 6. The van der Waals surface area contributed by atoms with Gasteiger partial charge in [-0.3, -0.25) is 4.79 Å². The molecule has 0 aliphatic heterocycles. The van der Waals surface area contributed by atoms with Gasteiger partial charge in [0, 0.05) is 5.56 Å². The monoisotopic (exact) mass is 349 g/mol. The van der Waals surface area contributed by atoms with Gasteiger partial charge in [-0.2, -0.15) is 0 Å². The van der Waals surface area contributed by atoms with Gasteiger partial charge in [0.15, 0.2) is 0 Å². The van der Waals surface area contributed by atoms with E-state index in [4.69, 9.17) is 4.42 Å². The molecule has 0 bridgehead atoms. The van der Waals surface area contributed by atoms with Crippen LogP contribution in [-0.4, -0.2) is 16.1 Å². The normalized spacial score (nSPS) is 12.2. The predicted octanol–water partition coefficient (Wildman–Crippen LogP) is 4.10. The first-order chi connectivity index (χ1) is 12.5. The van der Waals surface area contributed by atoms with Crippen molar-refractivity contribution in [2.45, 2.75) is 33.2 Å². The van der Waals surface area contributed by atoms with Crippen LogP contribution >= 0.6 is 0 Å². The quantitative estimate of drug-likeness (QED) is 0.727. The molecule has 26 heavy (non-hydrogen) atoms. The van der Waals surface area contributed by atoms with Crippen molar-refractivity contribution in [3.05, 3.63) is 71.6 Å². The lowest BCUT2D eigenvalue weighted by molar-refractivity contribution is -0.123. The molecule has 0 saturated heterocycles. The third-order valence-corrected chi connectivity index (χ3v) is 4.29. The molecule has 3 aromatic rings. The second-order valence-electron chi connectivity index (χ2n) is 6.72. The zero-order valence-electron chi connectivity index (χ0n) is 15.3. The van der Waals surface area contributed by atoms with E-state index >= 15 is 0 Å². The fourth-order valence-corrected chi connectivity index (χ4v) is 2.91. The van der Waals surface area contributed by atoms with Gasteiger partial charge in [-0.05, 0) is 30.5 Å². The van der Waals surface area contributed by atoms with Crippen LogP contribution < -0.4 is 5.32 Å². The Morgan fingerprint density at radius 2 is 1.73 bits per heavy atom. The minimum Gasteiger partial charge on any atom is -0.419 e. The van der Waals surface area contributed by atoms with E-state index in [0.29, 0.717) is 11.8 Å². The summed E-state index contributed by atoms with van der Waals surface area (Å²) in [6.07, 6.45) is 0. The van der Waals surface area contributed by atoms with Crippen LogP contribution in [0.1, 0.15) is 36.8 Å². The Morgan fingerprint density at radius 3 is 2.38 bits per heavy atom. The SMILES string of the molecule is Cc1ccc(C(C(=O)NCc2nnc(-c3ccccc3)o2)C(C)C)cc1. The zero-order valence-corrected chi connectivity index (χ0v) is 15.3. The van der Waals surface area contributed by atoms with Crippen molar-refractivity contribution >= 4 is 5.91 Å². The highest BCUT2D eigenvalue weighted by atomic mass is 16.4. The molecular formula is C21H23N3O2. The molecule has 2 aromatic carbocycles. The standard InChI is InChI=1S/C21H23N3O2/c1-14(2)19(16-11-9-15(3)10-12-16)20(25)22-13-18-23-24-21(26-18)17-7-5-4-6-8-17/h4-12,14,19H,13H2,1-3H3,(H,22,25). The Labute approximate surface area is 153 Å². The van der Waals surface area contributed by atoms with E-state index in [1.54, 1.807) is 0 Å². The molecule has 0 saturated carbocycles. The molecule has 1 N–H and O–H groups in total. The van der Waals surface area contributed by atoms with Crippen molar-refractivity contribution < 1.29 is 9.21 Å². The first-order valence-electron chi connectivity index (χ1n) is 8.76. The van der Waals surface area contributed by atoms with E-state index in [-0.39, 0.29) is 24.3 Å². The van der Waals surface area contributed by atoms with Gasteiger partial charge in [0.2, 0.25) is 17.7 Å². The second kappa shape index (κ2) is 7.95. The fourth-order valence-electron chi connectivity index (χ4n) is 2.91. The van der Waals surface area contributed by atoms with Crippen molar-refractivity contribution in [1.82, 2.24) is 15.5 Å². The number of amides is 1. The first-order valence-corrected chi connectivity index (χ1v) is 8.76. The summed E-state index contributed by atoms with van der Waals surface area (Å²) in [4.78, 5) is 12.7. The number of nitrogens with zero attached hydrogens (tertiary/aromatic N) is 2. The smallest absolute Gasteiger partial charge is 0.247 e. The molecule has 1 amide bonds. The molecule has 134 valence electrons. The van der Waals surface area contributed by atoms with Crippen LogP contribution in [0.4, 0.5) is 0 Å². The largest absolute Gasteiger partial charge is 0.419 e. The molecule has 0 aliphatic rings. The second-order valence-corrected chi connectivity index (χ2v) is 6.72. The van der Waals surface area contributed by atoms with Crippen LogP contribution in [0.3, 0.4) is 0 Å². The highest BCUT2D eigenvalue weighted by Gasteiger charge is 2.24. The summed E-state index contributed by atoms with van der Waals surface area (Å²) >= 11 is 0. The van der Waals surface area contributed by atoms with Gasteiger partial charge >= 0.3 is 0 Å². The topological polar surface area (TPSA) is 68.0 Å². The fraction of sp³-hybridized carbons (Fsp3) is 0.286. The third kappa shape index (κ3) is 4.17. The maximum absolute atomic E-state index is 12.7. The maximum Gasteiger partial charge on any atom is 0.247 e. The minimum atomic E-state index is -0.216. The van der Waals surface area contributed by atoms with Gasteiger partial charge in [0.05, 0.1) is 12.5 Å². The molecule has 1 aromatic heterocycles. The summed E-state index contributed by atoms with van der Waals surface area (Å²) < 4.78 is 5.64. The lowest BCUT2D eigenvalue weighted by Gasteiger charge is -2.20. The molecule has 1 atom stereocenters. The van der Waals surface area contributed by atoms with Gasteiger partial charge in [0.1, 0.15) is 0 Å². The molecule has 0 spiro atoms. The Hall–Kier alpha value is -2.95. The lowest BCUT2D eigenvalue weighted by atomic mass is 9.87. The molecule has 0 fully saturated rings. The minimum absolute atomic E-state index is 0.0386. The maximum atomic E-state index is 12.7. The van der Waals surface area contributed by atoms with E-state index in [2.05, 4.69) is 15.5 Å². The molecule has 1 heterocycles. The molecule has 0 radical (unpaired) electrons. The van der Waals surface area contributed by atoms with Crippen molar-refractivity contribution in [3.8, 4) is 11.5 Å². The highest BCUT2D eigenvalue weighted by molar-refractivity contribution is 5.83. The van der Waals surface area contributed by atoms with Crippen LogP contribution in [0.15, 0.2) is 59.0 Å². The van der Waals surface area contributed by atoms with Gasteiger partial charge < -0.3 is 9.73 Å². The van der Waals surface area contributed by atoms with E-state index in [0.717, 1.165) is 11.1 Å². The number of hydrogen-bond acceptors (Lipinski definition) is 4. The summed E-state index contributed by atoms with van der Waals surface area (Å²) in [5.74, 6) is 0.771. The number of nitrogens with one attached hydrogen (secondary N) is 1. The number of hydrogen-bond donors (Lipinski definition) is 1. The summed E-state index contributed by atoms with van der Waals surface area (Å²) in [6.45, 7) is 6.34. The zero-order chi connectivity index (χ0) is 18.5. The molecule has 5 heteroatoms. The van der Waals surface area contributed by atoms with E-state index in [1.807, 2.05) is 75.4 Å². The third-order valence-electron chi connectivity index (χ3n) is 4.29. The Balaban J connectivity index is 1.67. The molecule has 0 aliphatic carbocycles. The number of aryl methyl sites for hydroxylation is 1. The Morgan fingerprint density at radius 1 is 1.04 bits per heavy atom. The summed E-state index contributed by atoms with van der Waals surface area (Å²) in [6, 6.07) is 17.7. The van der Waals surface area contributed by atoms with Gasteiger partial charge in [-0.1, -0.05) is 61.9 Å². The average molecular weight is 349 g/mol. The molecular weight excluding hydrogens is 326 g/mol. The van der Waals surface area contributed by atoms with E-state index < -0.39 is 0 Å². The number of aromatic nitrogens is 2. The van der Waals surface area contributed by atoms with E-state index in [1.165, 1.54) is 5.56 Å². The number of carbonyl (C=O) groups is 1. The Kier molecular flexibility index (Phi) is 5.46. The number of benzene rings is 2. The number of carbonyl (C=O) groups excluding carboxylic acids is 1. The van der Waals surface area contributed by atoms with Gasteiger partial charge in [-0.15, -0.1) is 10.2 Å². The predicted molar refractivity (Wildman–Crippen MR) is 100 cm³/mol. The summed E-state index contributed by atoms with van der Waals surface area (Å²) in [5, 5.41) is 11.0. The summed E-state index contributed by atoms with van der Waals surface area (Å²) in [5.41, 5.74) is 3.05. The van der Waals surface area contributed by atoms with Crippen molar-refractivity contribution in [3.63, 3.8) is 0 Å². The van der Waals surface area contributed by atoms with Gasteiger partial charge in [-0.25, -0.2) is 0 Å². The van der Waals surface area contributed by atoms with Crippen LogP contribution in [0.5, 0.6) is 0 Å². The van der Waals surface area contributed by atoms with Crippen molar-refractivity contribution in [2.75, 3.05) is 0 Å². The van der Waals surface area contributed by atoms with Crippen LogP contribution in [-0.2, 0) is 11.3 Å². The molecule has 3 rings (SSSR count). The molecule has 1 unspecified atom stereocenters. The van der Waals surface area contributed by atoms with Crippen LogP contribution in [0.2, 0.25) is 0 Å². The summed E-state index contributed by atoms with van der Waals surface area (Å²) in [7, 11) is 0. The molecule has 5 nitrogen and oxygen atoms in total. The van der Waals surface area contributed by atoms with Crippen LogP contribution in [0, 0.1) is 12.8 Å². The van der Waals surface area contributed by atoms with Crippen molar-refractivity contribution in [2.24, 2.45) is 5.92 Å². The Bertz CT molecular complexity index is 854. The van der Waals surface area contributed by atoms with Crippen LogP contribution in [0.25, 0.3) is 11.5 Å². The first kappa shape index (κ1) is 17.9. The lowest BCUT2D eigenvalue weighted by Crippen LogP contribution is -2.31.